The number of phenols is 1. The van der Waals surface area contributed by atoms with Crippen LogP contribution in [0, 0.1) is 18.8 Å². The second-order valence-electron chi connectivity index (χ2n) is 5.86. The molecule has 21 heavy (non-hydrogen) atoms. The van der Waals surface area contributed by atoms with Crippen molar-refractivity contribution in [3.05, 3.63) is 23.8 Å². The number of carbonyl (C=O) groups is 1. The van der Waals surface area contributed by atoms with Gasteiger partial charge in [-0.2, -0.15) is 0 Å². The second kappa shape index (κ2) is 8.25. The number of benzene rings is 1. The summed E-state index contributed by atoms with van der Waals surface area (Å²) in [5, 5.41) is 15.9. The third-order valence-corrected chi connectivity index (χ3v) is 4.07. The number of hydrogen-bond donors (Lipinski definition) is 3. The fourth-order valence-corrected chi connectivity index (χ4v) is 2.77. The minimum absolute atomic E-state index is 0. The largest absolute Gasteiger partial charge is 0.506 e. The number of halogens is 1. The van der Waals surface area contributed by atoms with Crippen molar-refractivity contribution in [3.8, 4) is 5.75 Å². The molecule has 0 aliphatic carbocycles. The topological polar surface area (TPSA) is 61.4 Å². The Labute approximate surface area is 132 Å². The van der Waals surface area contributed by atoms with Crippen LogP contribution in [0.2, 0.25) is 0 Å². The molecule has 118 valence electrons. The molecule has 1 heterocycles. The van der Waals surface area contributed by atoms with E-state index >= 15 is 0 Å². The van der Waals surface area contributed by atoms with Crippen LogP contribution in [0.4, 0.5) is 5.69 Å². The van der Waals surface area contributed by atoms with E-state index in [2.05, 4.69) is 17.6 Å². The van der Waals surface area contributed by atoms with Crippen molar-refractivity contribution >= 4 is 24.0 Å². The maximum atomic E-state index is 12.1. The lowest BCUT2D eigenvalue weighted by molar-refractivity contribution is -0.117. The molecule has 0 aromatic heterocycles. The molecule has 2 rings (SSSR count). The van der Waals surface area contributed by atoms with Crippen LogP contribution >= 0.6 is 12.4 Å². The van der Waals surface area contributed by atoms with Crippen molar-refractivity contribution in [1.29, 1.82) is 0 Å². The number of carbonyl (C=O) groups excluding carboxylic acids is 1. The van der Waals surface area contributed by atoms with Crippen molar-refractivity contribution in [2.75, 3.05) is 18.4 Å². The maximum absolute atomic E-state index is 12.1. The number of anilines is 1. The van der Waals surface area contributed by atoms with Gasteiger partial charge in [0.25, 0.3) is 0 Å². The number of aromatic hydroxyl groups is 1. The summed E-state index contributed by atoms with van der Waals surface area (Å²) in [5.74, 6) is 1.02. The van der Waals surface area contributed by atoms with E-state index in [1.165, 1.54) is 12.8 Å². The van der Waals surface area contributed by atoms with Gasteiger partial charge in [-0.1, -0.05) is 13.0 Å². The van der Waals surface area contributed by atoms with Gasteiger partial charge in [0.1, 0.15) is 5.75 Å². The van der Waals surface area contributed by atoms with Crippen LogP contribution in [0.15, 0.2) is 18.2 Å². The van der Waals surface area contributed by atoms with E-state index in [4.69, 9.17) is 0 Å². The molecule has 0 radical (unpaired) electrons. The van der Waals surface area contributed by atoms with E-state index in [-0.39, 0.29) is 24.1 Å². The molecule has 2 atom stereocenters. The number of rotatable bonds is 4. The van der Waals surface area contributed by atoms with E-state index in [0.717, 1.165) is 18.7 Å². The summed E-state index contributed by atoms with van der Waals surface area (Å²) in [5.41, 5.74) is 1.52. The van der Waals surface area contributed by atoms with Gasteiger partial charge in [0.15, 0.2) is 0 Å². The Kier molecular flexibility index (Phi) is 6.99. The van der Waals surface area contributed by atoms with Gasteiger partial charge in [-0.15, -0.1) is 12.4 Å². The Morgan fingerprint density at radius 3 is 2.95 bits per heavy atom. The summed E-state index contributed by atoms with van der Waals surface area (Å²) in [7, 11) is 0. The van der Waals surface area contributed by atoms with E-state index in [1.54, 1.807) is 12.1 Å². The van der Waals surface area contributed by atoms with E-state index in [9.17, 15) is 9.90 Å². The number of aryl methyl sites for hydroxylation is 1. The van der Waals surface area contributed by atoms with Gasteiger partial charge >= 0.3 is 0 Å². The van der Waals surface area contributed by atoms with Crippen LogP contribution in [-0.2, 0) is 4.79 Å². The molecule has 1 aromatic rings. The highest BCUT2D eigenvalue weighted by Crippen LogP contribution is 2.26. The van der Waals surface area contributed by atoms with Crippen molar-refractivity contribution < 1.29 is 9.90 Å². The smallest absolute Gasteiger partial charge is 0.224 e. The maximum Gasteiger partial charge on any atom is 0.224 e. The van der Waals surface area contributed by atoms with Crippen LogP contribution in [0.5, 0.6) is 5.75 Å². The van der Waals surface area contributed by atoms with Crippen LogP contribution in [0.25, 0.3) is 0 Å². The first-order chi connectivity index (χ1) is 9.56. The number of piperidine rings is 1. The zero-order valence-electron chi connectivity index (χ0n) is 12.7. The average molecular weight is 313 g/mol. The highest BCUT2D eigenvalue weighted by atomic mass is 35.5. The monoisotopic (exact) mass is 312 g/mol. The molecule has 0 bridgehead atoms. The number of hydrogen-bond acceptors (Lipinski definition) is 3. The molecule has 1 aromatic carbocycles. The van der Waals surface area contributed by atoms with Crippen molar-refractivity contribution in [2.45, 2.75) is 33.1 Å². The fraction of sp³-hybridized carbons (Fsp3) is 0.562. The molecule has 1 aliphatic heterocycles. The molecule has 1 fully saturated rings. The minimum Gasteiger partial charge on any atom is -0.506 e. The lowest BCUT2D eigenvalue weighted by Crippen LogP contribution is -2.34. The molecular weight excluding hydrogens is 288 g/mol. The number of phenolic OH excluding ortho intramolecular Hbond substituents is 1. The molecule has 0 spiro atoms. The molecule has 1 amide bonds. The van der Waals surface area contributed by atoms with E-state index in [0.29, 0.717) is 23.9 Å². The Morgan fingerprint density at radius 2 is 2.29 bits per heavy atom. The molecule has 3 N–H and O–H groups in total. The first-order valence-corrected chi connectivity index (χ1v) is 7.36. The van der Waals surface area contributed by atoms with Gasteiger partial charge in [0.2, 0.25) is 5.91 Å². The average Bonchev–Trinajstić information content (AvgIpc) is 2.43. The highest BCUT2D eigenvalue weighted by Gasteiger charge is 2.22. The molecular formula is C16H25ClN2O2. The standard InChI is InChI=1S/C16H24N2O2.ClH/c1-11-5-6-15(19)14(8-11)18-16(20)9-12(2)13-4-3-7-17-10-13;/h5-6,8,12-13,17,19H,3-4,7,9-10H2,1-2H3,(H,18,20);1H. The zero-order valence-corrected chi connectivity index (χ0v) is 13.5. The SMILES string of the molecule is Cc1ccc(O)c(NC(=O)CC(C)C2CCCNC2)c1.Cl. The van der Waals surface area contributed by atoms with Gasteiger partial charge in [0.05, 0.1) is 5.69 Å². The molecule has 1 saturated heterocycles. The first kappa shape index (κ1) is 17.8. The highest BCUT2D eigenvalue weighted by molar-refractivity contribution is 5.92. The van der Waals surface area contributed by atoms with Crippen molar-refractivity contribution in [2.24, 2.45) is 11.8 Å². The van der Waals surface area contributed by atoms with Gasteiger partial charge in [0, 0.05) is 6.42 Å². The normalized spacial score (nSPS) is 19.4. The number of nitrogens with one attached hydrogen (secondary N) is 2. The molecule has 1 aliphatic rings. The van der Waals surface area contributed by atoms with E-state index < -0.39 is 0 Å². The quantitative estimate of drug-likeness (QED) is 0.749. The molecule has 0 saturated carbocycles. The molecule has 2 unspecified atom stereocenters. The van der Waals surface area contributed by atoms with Crippen LogP contribution in [0.3, 0.4) is 0 Å². The van der Waals surface area contributed by atoms with Crippen molar-refractivity contribution in [1.82, 2.24) is 5.32 Å². The summed E-state index contributed by atoms with van der Waals surface area (Å²) in [4.78, 5) is 12.1. The van der Waals surface area contributed by atoms with Crippen LogP contribution < -0.4 is 10.6 Å². The number of amides is 1. The van der Waals surface area contributed by atoms with Gasteiger partial charge in [-0.05, 0) is 62.4 Å². The predicted octanol–water partition coefficient (Wildman–Crippen LogP) is 3.09. The van der Waals surface area contributed by atoms with E-state index in [1.807, 2.05) is 13.0 Å². The summed E-state index contributed by atoms with van der Waals surface area (Å²) in [6, 6.07) is 5.22. The third kappa shape index (κ3) is 5.21. The van der Waals surface area contributed by atoms with Gasteiger partial charge < -0.3 is 15.7 Å². The van der Waals surface area contributed by atoms with Crippen LogP contribution in [-0.4, -0.2) is 24.1 Å². The molecule has 5 heteroatoms. The molecule has 4 nitrogen and oxygen atoms in total. The van der Waals surface area contributed by atoms with Crippen molar-refractivity contribution in [3.63, 3.8) is 0 Å². The first-order valence-electron chi connectivity index (χ1n) is 7.36. The van der Waals surface area contributed by atoms with Gasteiger partial charge in [-0.3, -0.25) is 4.79 Å². The lowest BCUT2D eigenvalue weighted by atomic mass is 9.85. The fourth-order valence-electron chi connectivity index (χ4n) is 2.77. The minimum atomic E-state index is -0.0241. The van der Waals surface area contributed by atoms with Gasteiger partial charge in [-0.25, -0.2) is 0 Å². The summed E-state index contributed by atoms with van der Waals surface area (Å²) >= 11 is 0. The summed E-state index contributed by atoms with van der Waals surface area (Å²) in [6.07, 6.45) is 2.88. The zero-order chi connectivity index (χ0) is 14.5. The predicted molar refractivity (Wildman–Crippen MR) is 88.1 cm³/mol. The second-order valence-corrected chi connectivity index (χ2v) is 5.86. The summed E-state index contributed by atoms with van der Waals surface area (Å²) in [6.45, 7) is 6.16. The Hall–Kier alpha value is -1.26. The lowest BCUT2D eigenvalue weighted by Gasteiger charge is -2.28. The Morgan fingerprint density at radius 1 is 1.52 bits per heavy atom. The Balaban J connectivity index is 0.00000220. The summed E-state index contributed by atoms with van der Waals surface area (Å²) < 4.78 is 0. The Bertz CT molecular complexity index is 473. The van der Waals surface area contributed by atoms with Crippen LogP contribution in [0.1, 0.15) is 31.7 Å². The third-order valence-electron chi connectivity index (χ3n) is 4.07.